The van der Waals surface area contributed by atoms with E-state index < -0.39 is 23.2 Å². The number of carbonyl (C=O) groups is 2. The van der Waals surface area contributed by atoms with E-state index >= 15 is 0 Å². The van der Waals surface area contributed by atoms with Gasteiger partial charge >= 0.3 is 5.97 Å². The molecule has 25 heavy (non-hydrogen) atoms. The topological polar surface area (TPSA) is 97.2 Å². The van der Waals surface area contributed by atoms with Crippen molar-refractivity contribution in [3.05, 3.63) is 36.0 Å². The highest BCUT2D eigenvalue weighted by Gasteiger charge is 2.35. The standard InChI is InChI=1S/C19H27N3O3/c1-18(2,3)25-17(24)19(4,5)22-16(23)14(20)10-12-11-21-15-9-7-6-8-13(12)15/h6-9,11,14,21H,10,20H2,1-5H3,(H,22,23). The van der Waals surface area contributed by atoms with Crippen molar-refractivity contribution in [2.24, 2.45) is 5.73 Å². The number of para-hydroxylation sites is 1. The number of H-pyrrole nitrogens is 1. The van der Waals surface area contributed by atoms with Crippen LogP contribution in [0.25, 0.3) is 10.9 Å². The number of nitrogens with two attached hydrogens (primary N) is 1. The van der Waals surface area contributed by atoms with Crippen molar-refractivity contribution in [2.45, 2.75) is 58.2 Å². The Balaban J connectivity index is 2.03. The van der Waals surface area contributed by atoms with Crippen LogP contribution in [0.2, 0.25) is 0 Å². The molecule has 2 rings (SSSR count). The first-order valence-electron chi connectivity index (χ1n) is 8.36. The van der Waals surface area contributed by atoms with E-state index in [0.717, 1.165) is 16.5 Å². The fourth-order valence-electron chi connectivity index (χ4n) is 2.49. The lowest BCUT2D eigenvalue weighted by atomic mass is 10.0. The maximum atomic E-state index is 12.4. The molecule has 1 aromatic carbocycles. The summed E-state index contributed by atoms with van der Waals surface area (Å²) in [5, 5.41) is 3.73. The first kappa shape index (κ1) is 19.0. The third kappa shape index (κ3) is 4.82. The molecule has 2 aromatic rings. The maximum absolute atomic E-state index is 12.4. The molecule has 0 spiro atoms. The Kier molecular flexibility index (Phi) is 5.23. The molecule has 6 nitrogen and oxygen atoms in total. The lowest BCUT2D eigenvalue weighted by molar-refractivity contribution is -0.163. The Bertz CT molecular complexity index is 772. The van der Waals surface area contributed by atoms with Crippen LogP contribution < -0.4 is 11.1 Å². The highest BCUT2D eigenvalue weighted by atomic mass is 16.6. The number of benzene rings is 1. The molecule has 0 aliphatic rings. The Morgan fingerprint density at radius 2 is 1.84 bits per heavy atom. The molecule has 0 aliphatic heterocycles. The molecule has 1 aromatic heterocycles. The molecule has 4 N–H and O–H groups in total. The van der Waals surface area contributed by atoms with Crippen LogP contribution in [0, 0.1) is 0 Å². The predicted octanol–water partition coefficient (Wildman–Crippen LogP) is 2.27. The van der Waals surface area contributed by atoms with Gasteiger partial charge in [-0.3, -0.25) is 4.79 Å². The molecule has 0 aliphatic carbocycles. The van der Waals surface area contributed by atoms with E-state index in [0.29, 0.717) is 6.42 Å². The number of aromatic nitrogens is 1. The molecule has 0 bridgehead atoms. The van der Waals surface area contributed by atoms with Crippen molar-refractivity contribution in [2.75, 3.05) is 0 Å². The van der Waals surface area contributed by atoms with Gasteiger partial charge < -0.3 is 20.8 Å². The van der Waals surface area contributed by atoms with Crippen LogP contribution in [0.3, 0.4) is 0 Å². The molecule has 1 unspecified atom stereocenters. The number of ether oxygens (including phenoxy) is 1. The first-order chi connectivity index (χ1) is 11.5. The van der Waals surface area contributed by atoms with Crippen molar-refractivity contribution >= 4 is 22.8 Å². The number of esters is 1. The summed E-state index contributed by atoms with van der Waals surface area (Å²) in [7, 11) is 0. The second kappa shape index (κ2) is 6.88. The van der Waals surface area contributed by atoms with Gasteiger partial charge in [0.15, 0.2) is 0 Å². The number of nitrogens with one attached hydrogen (secondary N) is 2. The molecule has 1 amide bonds. The summed E-state index contributed by atoms with van der Waals surface area (Å²) in [5.74, 6) is -0.881. The monoisotopic (exact) mass is 345 g/mol. The van der Waals surface area contributed by atoms with Crippen molar-refractivity contribution in [1.82, 2.24) is 10.3 Å². The summed E-state index contributed by atoms with van der Waals surface area (Å²) >= 11 is 0. The Morgan fingerprint density at radius 3 is 2.48 bits per heavy atom. The Hall–Kier alpha value is -2.34. The van der Waals surface area contributed by atoms with E-state index in [-0.39, 0.29) is 5.91 Å². The van der Waals surface area contributed by atoms with E-state index in [1.54, 1.807) is 34.6 Å². The average Bonchev–Trinajstić information content (AvgIpc) is 2.88. The van der Waals surface area contributed by atoms with Crippen LogP contribution in [-0.4, -0.2) is 34.0 Å². The third-order valence-corrected chi connectivity index (χ3v) is 3.80. The largest absolute Gasteiger partial charge is 0.458 e. The van der Waals surface area contributed by atoms with E-state index in [1.807, 2.05) is 30.5 Å². The lowest BCUT2D eigenvalue weighted by Gasteiger charge is -2.30. The summed E-state index contributed by atoms with van der Waals surface area (Å²) in [4.78, 5) is 27.8. The number of hydrogen-bond acceptors (Lipinski definition) is 4. The van der Waals surface area contributed by atoms with Gasteiger partial charge in [0.25, 0.3) is 0 Å². The van der Waals surface area contributed by atoms with Crippen molar-refractivity contribution in [3.63, 3.8) is 0 Å². The number of carbonyl (C=O) groups excluding carboxylic acids is 2. The zero-order valence-corrected chi connectivity index (χ0v) is 15.5. The minimum Gasteiger partial charge on any atom is -0.458 e. The van der Waals surface area contributed by atoms with Gasteiger partial charge in [-0.25, -0.2) is 4.79 Å². The number of aromatic amines is 1. The number of fused-ring (bicyclic) bond motifs is 1. The molecular formula is C19H27N3O3. The molecule has 1 atom stereocenters. The smallest absolute Gasteiger partial charge is 0.331 e. The molecule has 0 saturated heterocycles. The van der Waals surface area contributed by atoms with Crippen molar-refractivity contribution in [1.29, 1.82) is 0 Å². The van der Waals surface area contributed by atoms with E-state index in [1.165, 1.54) is 0 Å². The second-order valence-electron chi connectivity index (χ2n) is 7.79. The molecule has 1 heterocycles. The van der Waals surface area contributed by atoms with Gasteiger partial charge in [-0.05, 0) is 52.7 Å². The van der Waals surface area contributed by atoms with Gasteiger partial charge in [0.05, 0.1) is 6.04 Å². The summed E-state index contributed by atoms with van der Waals surface area (Å²) in [6, 6.07) is 7.07. The van der Waals surface area contributed by atoms with Gasteiger partial charge in [-0.15, -0.1) is 0 Å². The van der Waals surface area contributed by atoms with Gasteiger partial charge in [-0.1, -0.05) is 18.2 Å². The molecule has 6 heteroatoms. The SMILES string of the molecule is CC(C)(C)OC(=O)C(C)(C)NC(=O)C(N)Cc1c[nH]c2ccccc12. The van der Waals surface area contributed by atoms with Crippen LogP contribution in [0.5, 0.6) is 0 Å². The van der Waals surface area contributed by atoms with Crippen LogP contribution in [0.15, 0.2) is 30.5 Å². The maximum Gasteiger partial charge on any atom is 0.331 e. The molecule has 0 fully saturated rings. The first-order valence-corrected chi connectivity index (χ1v) is 8.36. The minimum absolute atomic E-state index is 0.375. The van der Waals surface area contributed by atoms with E-state index in [2.05, 4.69) is 10.3 Å². The quantitative estimate of drug-likeness (QED) is 0.724. The fraction of sp³-hybridized carbons (Fsp3) is 0.474. The molecule has 0 radical (unpaired) electrons. The lowest BCUT2D eigenvalue weighted by Crippen LogP contribution is -2.56. The normalized spacial score (nSPS) is 13.5. The van der Waals surface area contributed by atoms with Gasteiger partial charge in [0, 0.05) is 17.1 Å². The summed E-state index contributed by atoms with van der Waals surface area (Å²) in [6.07, 6.45) is 2.23. The van der Waals surface area contributed by atoms with E-state index in [9.17, 15) is 9.59 Å². The van der Waals surface area contributed by atoms with Crippen LogP contribution >= 0.6 is 0 Å². The predicted molar refractivity (Wildman–Crippen MR) is 98.0 cm³/mol. The van der Waals surface area contributed by atoms with Gasteiger partial charge in [-0.2, -0.15) is 0 Å². The van der Waals surface area contributed by atoms with Crippen molar-refractivity contribution in [3.8, 4) is 0 Å². The molecular weight excluding hydrogens is 318 g/mol. The average molecular weight is 345 g/mol. The second-order valence-corrected chi connectivity index (χ2v) is 7.79. The summed E-state index contributed by atoms with van der Waals surface area (Å²) < 4.78 is 5.35. The summed E-state index contributed by atoms with van der Waals surface area (Å²) in [5.41, 5.74) is 6.25. The number of rotatable bonds is 5. The van der Waals surface area contributed by atoms with Crippen LogP contribution in [-0.2, 0) is 20.7 Å². The van der Waals surface area contributed by atoms with Gasteiger partial charge in [0.1, 0.15) is 11.1 Å². The third-order valence-electron chi connectivity index (χ3n) is 3.80. The number of hydrogen-bond donors (Lipinski definition) is 3. The molecule has 136 valence electrons. The van der Waals surface area contributed by atoms with Crippen molar-refractivity contribution < 1.29 is 14.3 Å². The highest BCUT2D eigenvalue weighted by Crippen LogP contribution is 2.19. The Labute approximate surface area is 148 Å². The summed E-state index contributed by atoms with van der Waals surface area (Å²) in [6.45, 7) is 8.57. The Morgan fingerprint density at radius 1 is 1.20 bits per heavy atom. The fourth-order valence-corrected chi connectivity index (χ4v) is 2.49. The van der Waals surface area contributed by atoms with Gasteiger partial charge in [0.2, 0.25) is 5.91 Å². The minimum atomic E-state index is -1.15. The van der Waals surface area contributed by atoms with E-state index in [4.69, 9.17) is 10.5 Å². The zero-order chi connectivity index (χ0) is 18.8. The van der Waals surface area contributed by atoms with Crippen LogP contribution in [0.1, 0.15) is 40.2 Å². The zero-order valence-electron chi connectivity index (χ0n) is 15.5. The highest BCUT2D eigenvalue weighted by molar-refractivity contribution is 5.91. The number of amides is 1. The molecule has 0 saturated carbocycles. The van der Waals surface area contributed by atoms with Crippen LogP contribution in [0.4, 0.5) is 0 Å².